The molecule has 0 aliphatic rings. The largest absolute Gasteiger partial charge is 0.353 e. The maximum Gasteiger partial charge on any atom is 0.273 e. The molecule has 2 heterocycles. The van der Waals surface area contributed by atoms with Crippen molar-refractivity contribution in [2.45, 2.75) is 0 Å². The maximum atomic E-state index is 12.6. The second kappa shape index (κ2) is 6.40. The second-order valence-electron chi connectivity index (χ2n) is 5.32. The van der Waals surface area contributed by atoms with Gasteiger partial charge in [0, 0.05) is 11.8 Å². The molecule has 25 heavy (non-hydrogen) atoms. The van der Waals surface area contributed by atoms with Crippen LogP contribution in [-0.4, -0.2) is 25.0 Å². The SMILES string of the molecule is O=c1cc(Nc2ccccc2)c(-c2ncn[nH]2)nn1-c1ccccc1. The number of aromatic nitrogens is 5. The monoisotopic (exact) mass is 330 g/mol. The average molecular weight is 330 g/mol. The third-order valence-corrected chi connectivity index (χ3v) is 3.62. The molecule has 0 unspecified atom stereocenters. The summed E-state index contributed by atoms with van der Waals surface area (Å²) in [6.07, 6.45) is 1.40. The first-order chi connectivity index (χ1) is 12.3. The molecular formula is C18H14N6O. The molecule has 7 nitrogen and oxygen atoms in total. The quantitative estimate of drug-likeness (QED) is 0.601. The molecule has 0 amide bonds. The molecule has 0 fully saturated rings. The van der Waals surface area contributed by atoms with E-state index >= 15 is 0 Å². The molecule has 0 spiro atoms. The summed E-state index contributed by atoms with van der Waals surface area (Å²) in [4.78, 5) is 16.7. The van der Waals surface area contributed by atoms with E-state index < -0.39 is 0 Å². The molecule has 7 heteroatoms. The fourth-order valence-electron chi connectivity index (χ4n) is 2.48. The zero-order valence-electron chi connectivity index (χ0n) is 13.1. The summed E-state index contributed by atoms with van der Waals surface area (Å²) in [6.45, 7) is 0. The van der Waals surface area contributed by atoms with E-state index in [0.29, 0.717) is 22.9 Å². The van der Waals surface area contributed by atoms with Gasteiger partial charge in [0.1, 0.15) is 6.33 Å². The van der Waals surface area contributed by atoms with Gasteiger partial charge in [-0.1, -0.05) is 36.4 Å². The van der Waals surface area contributed by atoms with Gasteiger partial charge in [0.15, 0.2) is 11.5 Å². The molecule has 0 atom stereocenters. The van der Waals surface area contributed by atoms with Crippen molar-refractivity contribution in [1.82, 2.24) is 25.0 Å². The number of H-pyrrole nitrogens is 1. The Balaban J connectivity index is 1.87. The molecule has 122 valence electrons. The van der Waals surface area contributed by atoms with Crippen LogP contribution in [0.15, 0.2) is 77.9 Å². The first kappa shape index (κ1) is 14.8. The van der Waals surface area contributed by atoms with Crippen LogP contribution in [0.3, 0.4) is 0 Å². The minimum atomic E-state index is -0.243. The molecule has 4 aromatic rings. The van der Waals surface area contributed by atoms with Crippen molar-refractivity contribution < 1.29 is 0 Å². The van der Waals surface area contributed by atoms with E-state index in [1.807, 2.05) is 60.7 Å². The highest BCUT2D eigenvalue weighted by molar-refractivity contribution is 5.73. The molecule has 0 saturated carbocycles. The van der Waals surface area contributed by atoms with Crippen molar-refractivity contribution in [2.75, 3.05) is 5.32 Å². The highest BCUT2D eigenvalue weighted by Crippen LogP contribution is 2.24. The lowest BCUT2D eigenvalue weighted by Crippen LogP contribution is -2.22. The zero-order chi connectivity index (χ0) is 17.1. The smallest absolute Gasteiger partial charge is 0.273 e. The van der Waals surface area contributed by atoms with E-state index in [1.165, 1.54) is 17.1 Å². The Bertz CT molecular complexity index is 1030. The Labute approximate surface area is 143 Å². The van der Waals surface area contributed by atoms with Crippen molar-refractivity contribution in [3.63, 3.8) is 0 Å². The average Bonchev–Trinajstić information content (AvgIpc) is 3.18. The third-order valence-electron chi connectivity index (χ3n) is 3.62. The summed E-state index contributed by atoms with van der Waals surface area (Å²) in [7, 11) is 0. The van der Waals surface area contributed by atoms with Crippen LogP contribution in [0.2, 0.25) is 0 Å². The highest BCUT2D eigenvalue weighted by Gasteiger charge is 2.14. The van der Waals surface area contributed by atoms with Gasteiger partial charge in [-0.15, -0.1) is 0 Å². The Morgan fingerprint density at radius 1 is 0.960 bits per heavy atom. The molecule has 0 aliphatic carbocycles. The number of hydrogen-bond donors (Lipinski definition) is 2. The highest BCUT2D eigenvalue weighted by atomic mass is 16.1. The van der Waals surface area contributed by atoms with Crippen LogP contribution >= 0.6 is 0 Å². The third kappa shape index (κ3) is 3.02. The summed E-state index contributed by atoms with van der Waals surface area (Å²) in [5.41, 5.74) is 2.35. The predicted octanol–water partition coefficient (Wildman–Crippen LogP) is 2.76. The van der Waals surface area contributed by atoms with Crippen LogP contribution in [-0.2, 0) is 0 Å². The molecule has 0 radical (unpaired) electrons. The van der Waals surface area contributed by atoms with Crippen LogP contribution in [0, 0.1) is 0 Å². The molecule has 2 N–H and O–H groups in total. The number of nitrogens with one attached hydrogen (secondary N) is 2. The minimum absolute atomic E-state index is 0.243. The number of rotatable bonds is 4. The molecular weight excluding hydrogens is 316 g/mol. The van der Waals surface area contributed by atoms with Gasteiger partial charge >= 0.3 is 0 Å². The van der Waals surface area contributed by atoms with Gasteiger partial charge in [0.05, 0.1) is 11.4 Å². The Morgan fingerprint density at radius 3 is 2.36 bits per heavy atom. The number of benzene rings is 2. The predicted molar refractivity (Wildman–Crippen MR) is 94.9 cm³/mol. The van der Waals surface area contributed by atoms with Gasteiger partial charge in [0.25, 0.3) is 5.56 Å². The number of aromatic amines is 1. The van der Waals surface area contributed by atoms with Gasteiger partial charge < -0.3 is 5.32 Å². The number of para-hydroxylation sites is 2. The molecule has 0 saturated heterocycles. The van der Waals surface area contributed by atoms with Crippen molar-refractivity contribution in [2.24, 2.45) is 0 Å². The number of nitrogens with zero attached hydrogens (tertiary/aromatic N) is 4. The van der Waals surface area contributed by atoms with Crippen LogP contribution in [0.25, 0.3) is 17.2 Å². The fourth-order valence-corrected chi connectivity index (χ4v) is 2.48. The van der Waals surface area contributed by atoms with Crippen LogP contribution in [0.5, 0.6) is 0 Å². The second-order valence-corrected chi connectivity index (χ2v) is 5.32. The van der Waals surface area contributed by atoms with Gasteiger partial charge in [-0.05, 0) is 24.3 Å². The standard InChI is InChI=1S/C18H14N6O/c25-16-11-15(21-13-7-3-1-4-8-13)17(18-19-12-20-22-18)23-24(16)14-9-5-2-6-10-14/h1-12,21H,(H,19,20,22). The topological polar surface area (TPSA) is 88.5 Å². The van der Waals surface area contributed by atoms with E-state index in [9.17, 15) is 4.79 Å². The van der Waals surface area contributed by atoms with E-state index in [-0.39, 0.29) is 5.56 Å². The fraction of sp³-hybridized carbons (Fsp3) is 0. The number of hydrogen-bond acceptors (Lipinski definition) is 5. The van der Waals surface area contributed by atoms with Gasteiger partial charge in [-0.3, -0.25) is 9.89 Å². The van der Waals surface area contributed by atoms with Crippen LogP contribution < -0.4 is 10.9 Å². The molecule has 0 bridgehead atoms. The summed E-state index contributed by atoms with van der Waals surface area (Å²) in [5.74, 6) is 0.475. The van der Waals surface area contributed by atoms with Crippen molar-refractivity contribution in [3.8, 4) is 17.2 Å². The summed E-state index contributed by atoms with van der Waals surface area (Å²) >= 11 is 0. The Morgan fingerprint density at radius 2 is 1.68 bits per heavy atom. The van der Waals surface area contributed by atoms with E-state index in [2.05, 4.69) is 25.6 Å². The normalized spacial score (nSPS) is 10.6. The van der Waals surface area contributed by atoms with Gasteiger partial charge in [-0.25, -0.2) is 4.98 Å². The van der Waals surface area contributed by atoms with E-state index in [1.54, 1.807) is 0 Å². The van der Waals surface area contributed by atoms with Crippen LogP contribution in [0.4, 0.5) is 11.4 Å². The lowest BCUT2D eigenvalue weighted by molar-refractivity contribution is 0.809. The Hall–Kier alpha value is -3.74. The summed E-state index contributed by atoms with van der Waals surface area (Å²) in [6, 6.07) is 20.3. The number of anilines is 2. The first-order valence-corrected chi connectivity index (χ1v) is 7.69. The van der Waals surface area contributed by atoms with E-state index in [4.69, 9.17) is 0 Å². The van der Waals surface area contributed by atoms with Gasteiger partial charge in [-0.2, -0.15) is 14.9 Å². The van der Waals surface area contributed by atoms with Gasteiger partial charge in [0.2, 0.25) is 0 Å². The maximum absolute atomic E-state index is 12.6. The van der Waals surface area contributed by atoms with E-state index in [0.717, 1.165) is 5.69 Å². The van der Waals surface area contributed by atoms with Crippen molar-refractivity contribution in [1.29, 1.82) is 0 Å². The lowest BCUT2D eigenvalue weighted by Gasteiger charge is -2.12. The van der Waals surface area contributed by atoms with Crippen LogP contribution in [0.1, 0.15) is 0 Å². The van der Waals surface area contributed by atoms with Crippen molar-refractivity contribution in [3.05, 3.63) is 83.4 Å². The zero-order valence-corrected chi connectivity index (χ0v) is 13.1. The molecule has 2 aromatic carbocycles. The Kier molecular flexibility index (Phi) is 3.80. The summed E-state index contributed by atoms with van der Waals surface area (Å²) < 4.78 is 1.34. The molecule has 2 aromatic heterocycles. The molecule has 0 aliphatic heterocycles. The summed E-state index contributed by atoms with van der Waals surface area (Å²) in [5, 5.41) is 14.4. The first-order valence-electron chi connectivity index (χ1n) is 7.69. The molecule has 4 rings (SSSR count). The lowest BCUT2D eigenvalue weighted by atomic mass is 10.2. The van der Waals surface area contributed by atoms with Crippen molar-refractivity contribution >= 4 is 11.4 Å². The minimum Gasteiger partial charge on any atom is -0.353 e.